The van der Waals surface area contributed by atoms with Crippen molar-refractivity contribution >= 4 is 35.7 Å². The Labute approximate surface area is 196 Å². The summed E-state index contributed by atoms with van der Waals surface area (Å²) in [6, 6.07) is 8.85. The second-order valence-corrected chi connectivity index (χ2v) is 7.18. The Morgan fingerprint density at radius 1 is 0.611 bits per heavy atom. The van der Waals surface area contributed by atoms with Gasteiger partial charge in [0.15, 0.2) is 0 Å². The monoisotopic (exact) mass is 508 g/mol. The molecule has 5 rings (SSSR count). The molecule has 0 saturated carbocycles. The van der Waals surface area contributed by atoms with Gasteiger partial charge in [-0.2, -0.15) is 46.6 Å². The number of fused-ring (bicyclic) bond motifs is 2. The van der Waals surface area contributed by atoms with Crippen LogP contribution in [0.1, 0.15) is 22.3 Å². The maximum Gasteiger partial charge on any atom is 0.416 e. The number of alkyl halides is 6. The molecule has 16 heteroatoms. The zero-order chi connectivity index (χ0) is 25.5. The van der Waals surface area contributed by atoms with Crippen LogP contribution in [0.25, 0.3) is 0 Å². The first-order valence-electron chi connectivity index (χ1n) is 9.79. The van der Waals surface area contributed by atoms with Crippen LogP contribution in [0.2, 0.25) is 0 Å². The first kappa shape index (κ1) is 23.0. The summed E-state index contributed by atoms with van der Waals surface area (Å²) >= 11 is 0. The van der Waals surface area contributed by atoms with Gasteiger partial charge >= 0.3 is 12.4 Å². The third kappa shape index (κ3) is 4.35. The van der Waals surface area contributed by atoms with Gasteiger partial charge < -0.3 is 0 Å². The standard InChI is InChI=1S/C20H10F6N8O2/c21-19(22,23)13-5-1-3-11(7-13)9-27-33-15-17(31-35-29-15)34(18-16(33)30-36-32-18)28-10-12-4-2-6-14(8-12)20(24,25)26/h1-10H/b27-9+,28-10+. The van der Waals surface area contributed by atoms with E-state index in [0.29, 0.717) is 0 Å². The van der Waals surface area contributed by atoms with Crippen LogP contribution < -0.4 is 10.0 Å². The van der Waals surface area contributed by atoms with Gasteiger partial charge in [0.25, 0.3) is 0 Å². The molecule has 4 aromatic rings. The molecule has 1 aliphatic heterocycles. The normalized spacial score (nSPS) is 14.1. The van der Waals surface area contributed by atoms with Gasteiger partial charge in [-0.05, 0) is 56.0 Å². The molecule has 0 N–H and O–H groups in total. The molecule has 0 saturated heterocycles. The minimum atomic E-state index is -4.54. The van der Waals surface area contributed by atoms with Gasteiger partial charge in [0.2, 0.25) is 23.3 Å². The Kier molecular flexibility index (Phi) is 5.41. The number of hydrogen-bond acceptors (Lipinski definition) is 10. The molecule has 0 aliphatic carbocycles. The van der Waals surface area contributed by atoms with Gasteiger partial charge in [-0.25, -0.2) is 9.26 Å². The molecule has 184 valence electrons. The average Bonchev–Trinajstić information content (AvgIpc) is 3.51. The van der Waals surface area contributed by atoms with E-state index in [0.717, 1.165) is 46.7 Å². The summed E-state index contributed by atoms with van der Waals surface area (Å²) in [7, 11) is 0. The van der Waals surface area contributed by atoms with Crippen molar-refractivity contribution in [2.45, 2.75) is 12.4 Å². The maximum absolute atomic E-state index is 13.0. The van der Waals surface area contributed by atoms with Crippen LogP contribution in [0.15, 0.2) is 68.0 Å². The van der Waals surface area contributed by atoms with Crippen molar-refractivity contribution in [3.8, 4) is 0 Å². The van der Waals surface area contributed by atoms with E-state index in [1.165, 1.54) is 24.3 Å². The maximum atomic E-state index is 13.0. The van der Waals surface area contributed by atoms with Crippen molar-refractivity contribution in [3.05, 3.63) is 70.8 Å². The number of halogens is 6. The number of hydrogen-bond donors (Lipinski definition) is 0. The Bertz CT molecular complexity index is 1310. The van der Waals surface area contributed by atoms with Gasteiger partial charge in [0, 0.05) is 0 Å². The van der Waals surface area contributed by atoms with Crippen LogP contribution in [0.3, 0.4) is 0 Å². The molecule has 0 atom stereocenters. The van der Waals surface area contributed by atoms with Crippen molar-refractivity contribution < 1.29 is 35.6 Å². The number of rotatable bonds is 4. The van der Waals surface area contributed by atoms with Crippen molar-refractivity contribution in [3.63, 3.8) is 0 Å². The minimum absolute atomic E-state index is 0.0809. The Morgan fingerprint density at radius 2 is 0.972 bits per heavy atom. The first-order valence-corrected chi connectivity index (χ1v) is 9.79. The fraction of sp³-hybridized carbons (Fsp3) is 0.100. The lowest BCUT2D eigenvalue weighted by Gasteiger charge is -2.23. The van der Waals surface area contributed by atoms with Gasteiger partial charge in [0.05, 0.1) is 23.6 Å². The Hall–Kier alpha value is -4.76. The highest BCUT2D eigenvalue weighted by atomic mass is 19.4. The molecule has 0 unspecified atom stereocenters. The van der Waals surface area contributed by atoms with Crippen molar-refractivity contribution in [2.24, 2.45) is 10.2 Å². The number of aromatic nitrogens is 4. The predicted octanol–water partition coefficient (Wildman–Crippen LogP) is 5.15. The number of benzene rings is 2. The highest BCUT2D eigenvalue weighted by Gasteiger charge is 2.38. The van der Waals surface area contributed by atoms with E-state index < -0.39 is 23.5 Å². The average molecular weight is 508 g/mol. The third-order valence-corrected chi connectivity index (χ3v) is 4.78. The predicted molar refractivity (Wildman–Crippen MR) is 111 cm³/mol. The summed E-state index contributed by atoms with van der Waals surface area (Å²) in [5, 5.41) is 25.2. The molecule has 10 nitrogen and oxygen atoms in total. The summed E-state index contributed by atoms with van der Waals surface area (Å²) in [4.78, 5) is 0. The fourth-order valence-electron chi connectivity index (χ4n) is 3.15. The van der Waals surface area contributed by atoms with E-state index in [4.69, 9.17) is 9.26 Å². The van der Waals surface area contributed by atoms with Crippen molar-refractivity contribution in [1.82, 2.24) is 20.6 Å². The Balaban J connectivity index is 1.47. The van der Waals surface area contributed by atoms with Crippen LogP contribution in [0, 0.1) is 0 Å². The molecular weight excluding hydrogens is 498 g/mol. The number of anilines is 4. The molecule has 2 aromatic carbocycles. The molecule has 0 radical (unpaired) electrons. The zero-order valence-electron chi connectivity index (χ0n) is 17.4. The van der Waals surface area contributed by atoms with Crippen LogP contribution in [-0.4, -0.2) is 33.1 Å². The Morgan fingerprint density at radius 3 is 1.31 bits per heavy atom. The smallest absolute Gasteiger partial charge is 0.240 e. The molecule has 0 fully saturated rings. The van der Waals surface area contributed by atoms with Crippen LogP contribution in [0.5, 0.6) is 0 Å². The van der Waals surface area contributed by atoms with Gasteiger partial charge in [-0.3, -0.25) is 0 Å². The number of hydrazone groups is 2. The molecule has 0 spiro atoms. The summed E-state index contributed by atoms with van der Waals surface area (Å²) in [6.45, 7) is 0. The van der Waals surface area contributed by atoms with Crippen molar-refractivity contribution in [2.75, 3.05) is 10.0 Å². The summed E-state index contributed by atoms with van der Waals surface area (Å²) in [6.07, 6.45) is -6.85. The van der Waals surface area contributed by atoms with Gasteiger partial charge in [-0.1, -0.05) is 24.3 Å². The molecule has 1 aliphatic rings. The van der Waals surface area contributed by atoms with Crippen LogP contribution >= 0.6 is 0 Å². The van der Waals surface area contributed by atoms with E-state index >= 15 is 0 Å². The minimum Gasteiger partial charge on any atom is -0.240 e. The quantitative estimate of drug-likeness (QED) is 0.275. The lowest BCUT2D eigenvalue weighted by Crippen LogP contribution is -2.24. The molecule has 36 heavy (non-hydrogen) atoms. The molecule has 0 amide bonds. The van der Waals surface area contributed by atoms with Crippen LogP contribution in [0.4, 0.5) is 49.6 Å². The molecule has 0 bridgehead atoms. The van der Waals surface area contributed by atoms with E-state index in [1.54, 1.807) is 0 Å². The summed E-state index contributed by atoms with van der Waals surface area (Å²) in [5.74, 6) is -0.324. The van der Waals surface area contributed by atoms with Gasteiger partial charge in [-0.15, -0.1) is 0 Å². The lowest BCUT2D eigenvalue weighted by atomic mass is 10.1. The van der Waals surface area contributed by atoms with E-state index in [1.807, 2.05) is 0 Å². The second-order valence-electron chi connectivity index (χ2n) is 7.18. The van der Waals surface area contributed by atoms with Crippen LogP contribution in [-0.2, 0) is 12.4 Å². The van der Waals surface area contributed by atoms with Gasteiger partial charge in [0.1, 0.15) is 0 Å². The van der Waals surface area contributed by atoms with E-state index in [9.17, 15) is 26.3 Å². The summed E-state index contributed by atoms with van der Waals surface area (Å²) < 4.78 is 87.5. The third-order valence-electron chi connectivity index (χ3n) is 4.78. The molecule has 3 heterocycles. The molecule has 2 aromatic heterocycles. The lowest BCUT2D eigenvalue weighted by molar-refractivity contribution is -0.138. The second kappa shape index (κ2) is 8.47. The topological polar surface area (TPSA) is 109 Å². The summed E-state index contributed by atoms with van der Waals surface area (Å²) in [5.41, 5.74) is -1.50. The SMILES string of the molecule is FC(F)(F)c1cccc(/C=N/N2c3nonc3N(/N=C/c3cccc(C(F)(F)F)c3)c3nonc32)c1. The first-order chi connectivity index (χ1) is 17.1. The molecular formula is C20H10F6N8O2. The highest BCUT2D eigenvalue weighted by Crippen LogP contribution is 2.44. The fourth-order valence-corrected chi connectivity index (χ4v) is 3.15. The number of nitrogens with zero attached hydrogens (tertiary/aromatic N) is 8. The zero-order valence-corrected chi connectivity index (χ0v) is 17.4. The highest BCUT2D eigenvalue weighted by molar-refractivity contribution is 5.89. The largest absolute Gasteiger partial charge is 0.416 e. The van der Waals surface area contributed by atoms with E-state index in [2.05, 4.69) is 30.8 Å². The van der Waals surface area contributed by atoms with Crippen molar-refractivity contribution in [1.29, 1.82) is 0 Å². The van der Waals surface area contributed by atoms with E-state index in [-0.39, 0.29) is 34.4 Å².